The summed E-state index contributed by atoms with van der Waals surface area (Å²) in [5, 5.41) is 2.61. The molecule has 0 fully saturated rings. The number of ether oxygens (including phenoxy) is 1. The van der Waals surface area contributed by atoms with Gasteiger partial charge in [-0.25, -0.2) is 0 Å². The monoisotopic (exact) mass is 302 g/mol. The van der Waals surface area contributed by atoms with Crippen molar-refractivity contribution in [3.05, 3.63) is 48.5 Å². The number of nitrogens with one attached hydrogen (secondary N) is 1. The van der Waals surface area contributed by atoms with E-state index in [2.05, 4.69) is 5.32 Å². The number of nitrogen functional groups attached to an aromatic ring is 1. The number of nitrogens with two attached hydrogens (primary N) is 1. The van der Waals surface area contributed by atoms with Crippen molar-refractivity contribution < 1.29 is 9.53 Å². The van der Waals surface area contributed by atoms with Gasteiger partial charge in [0.2, 0.25) is 5.91 Å². The van der Waals surface area contributed by atoms with E-state index in [-0.39, 0.29) is 11.2 Å². The molecule has 1 atom stereocenters. The van der Waals surface area contributed by atoms with E-state index >= 15 is 0 Å². The number of hydrogen-bond acceptors (Lipinski definition) is 4. The van der Waals surface area contributed by atoms with Crippen LogP contribution in [0.15, 0.2) is 53.4 Å². The zero-order chi connectivity index (χ0) is 15.2. The third-order valence-electron chi connectivity index (χ3n) is 2.96. The van der Waals surface area contributed by atoms with Crippen LogP contribution in [0, 0.1) is 0 Å². The number of rotatable bonds is 5. The number of hydrogen-bond donors (Lipinski definition) is 2. The van der Waals surface area contributed by atoms with Gasteiger partial charge in [-0.15, -0.1) is 11.8 Å². The zero-order valence-corrected chi connectivity index (χ0v) is 12.8. The Morgan fingerprint density at radius 1 is 1.19 bits per heavy atom. The zero-order valence-electron chi connectivity index (χ0n) is 12.0. The summed E-state index contributed by atoms with van der Waals surface area (Å²) in [5.41, 5.74) is 7.24. The minimum Gasteiger partial charge on any atom is -0.495 e. The van der Waals surface area contributed by atoms with Crippen LogP contribution >= 0.6 is 11.8 Å². The fourth-order valence-corrected chi connectivity index (χ4v) is 2.72. The highest BCUT2D eigenvalue weighted by atomic mass is 32.2. The van der Waals surface area contributed by atoms with E-state index in [9.17, 15) is 4.79 Å². The molecule has 5 heteroatoms. The van der Waals surface area contributed by atoms with Gasteiger partial charge in [-0.1, -0.05) is 24.3 Å². The van der Waals surface area contributed by atoms with E-state index < -0.39 is 0 Å². The lowest BCUT2D eigenvalue weighted by Crippen LogP contribution is -2.22. The smallest absolute Gasteiger partial charge is 0.237 e. The molecule has 2 rings (SSSR count). The number of benzene rings is 2. The molecule has 2 aromatic carbocycles. The Bertz CT molecular complexity index is 631. The van der Waals surface area contributed by atoms with Crippen molar-refractivity contribution >= 4 is 29.0 Å². The SMILES string of the molecule is COc1ccccc1NC(=O)C(C)Sc1ccccc1N. The summed E-state index contributed by atoms with van der Waals surface area (Å²) in [6.45, 7) is 1.85. The molecule has 3 N–H and O–H groups in total. The predicted octanol–water partition coefficient (Wildman–Crippen LogP) is 3.40. The number of anilines is 2. The van der Waals surface area contributed by atoms with Crippen LogP contribution in [0.5, 0.6) is 5.75 Å². The van der Waals surface area contributed by atoms with Gasteiger partial charge in [0.15, 0.2) is 0 Å². The first-order valence-electron chi connectivity index (χ1n) is 6.57. The quantitative estimate of drug-likeness (QED) is 0.656. The average molecular weight is 302 g/mol. The van der Waals surface area contributed by atoms with Gasteiger partial charge in [-0.2, -0.15) is 0 Å². The predicted molar refractivity (Wildman–Crippen MR) is 87.8 cm³/mol. The molecule has 110 valence electrons. The second-order valence-electron chi connectivity index (χ2n) is 4.49. The van der Waals surface area contributed by atoms with Crippen LogP contribution in [0.25, 0.3) is 0 Å². The van der Waals surface area contributed by atoms with E-state index in [0.717, 1.165) is 4.90 Å². The molecule has 1 unspecified atom stereocenters. The summed E-state index contributed by atoms with van der Waals surface area (Å²) in [6, 6.07) is 14.8. The summed E-state index contributed by atoms with van der Waals surface area (Å²) in [5.74, 6) is 0.551. The normalized spacial score (nSPS) is 11.7. The maximum absolute atomic E-state index is 12.3. The minimum absolute atomic E-state index is 0.0900. The number of carbonyl (C=O) groups excluding carboxylic acids is 1. The lowest BCUT2D eigenvalue weighted by Gasteiger charge is -2.14. The Morgan fingerprint density at radius 2 is 1.86 bits per heavy atom. The molecule has 2 aromatic rings. The van der Waals surface area contributed by atoms with Gasteiger partial charge in [-0.3, -0.25) is 4.79 Å². The Morgan fingerprint density at radius 3 is 2.57 bits per heavy atom. The van der Waals surface area contributed by atoms with Crippen LogP contribution in [-0.4, -0.2) is 18.3 Å². The largest absolute Gasteiger partial charge is 0.495 e. The van der Waals surface area contributed by atoms with Crippen molar-refractivity contribution in [2.24, 2.45) is 0 Å². The molecule has 0 aromatic heterocycles. The van der Waals surface area contributed by atoms with Gasteiger partial charge in [0.25, 0.3) is 0 Å². The molecule has 0 radical (unpaired) electrons. The molecule has 0 spiro atoms. The van der Waals surface area contributed by atoms with E-state index in [1.165, 1.54) is 11.8 Å². The summed E-state index contributed by atoms with van der Waals surface area (Å²) in [7, 11) is 1.58. The van der Waals surface area contributed by atoms with E-state index in [0.29, 0.717) is 17.1 Å². The first kappa shape index (κ1) is 15.3. The van der Waals surface area contributed by atoms with Crippen LogP contribution < -0.4 is 15.8 Å². The van der Waals surface area contributed by atoms with Crippen molar-refractivity contribution in [1.29, 1.82) is 0 Å². The van der Waals surface area contributed by atoms with Crippen molar-refractivity contribution in [3.8, 4) is 5.75 Å². The summed E-state index contributed by atoms with van der Waals surface area (Å²) in [6.07, 6.45) is 0. The molecule has 0 saturated carbocycles. The highest BCUT2D eigenvalue weighted by Crippen LogP contribution is 2.30. The number of para-hydroxylation sites is 3. The van der Waals surface area contributed by atoms with Gasteiger partial charge < -0.3 is 15.8 Å². The van der Waals surface area contributed by atoms with Crippen LogP contribution in [-0.2, 0) is 4.79 Å². The van der Waals surface area contributed by atoms with Gasteiger partial charge >= 0.3 is 0 Å². The molecular weight excluding hydrogens is 284 g/mol. The highest BCUT2D eigenvalue weighted by Gasteiger charge is 2.17. The van der Waals surface area contributed by atoms with E-state index in [4.69, 9.17) is 10.5 Å². The van der Waals surface area contributed by atoms with E-state index in [1.54, 1.807) is 7.11 Å². The number of thioether (sulfide) groups is 1. The molecule has 21 heavy (non-hydrogen) atoms. The molecular formula is C16H18N2O2S. The standard InChI is InChI=1S/C16H18N2O2S/c1-11(21-15-10-6-3-7-12(15)17)16(19)18-13-8-4-5-9-14(13)20-2/h3-11H,17H2,1-2H3,(H,18,19). The lowest BCUT2D eigenvalue weighted by atomic mass is 10.3. The molecule has 0 heterocycles. The third kappa shape index (κ3) is 3.92. The van der Waals surface area contributed by atoms with Crippen molar-refractivity contribution in [2.75, 3.05) is 18.2 Å². The molecule has 0 aliphatic rings. The van der Waals surface area contributed by atoms with Gasteiger partial charge in [0.1, 0.15) is 5.75 Å². The fraction of sp³-hybridized carbons (Fsp3) is 0.188. The van der Waals surface area contributed by atoms with Crippen molar-refractivity contribution in [2.45, 2.75) is 17.1 Å². The highest BCUT2D eigenvalue weighted by molar-refractivity contribution is 8.00. The minimum atomic E-state index is -0.264. The third-order valence-corrected chi connectivity index (χ3v) is 4.15. The fourth-order valence-electron chi connectivity index (χ4n) is 1.81. The molecule has 0 aliphatic carbocycles. The number of amides is 1. The van der Waals surface area contributed by atoms with Gasteiger partial charge in [0, 0.05) is 10.6 Å². The van der Waals surface area contributed by atoms with E-state index in [1.807, 2.05) is 55.5 Å². The van der Waals surface area contributed by atoms with Crippen LogP contribution in [0.3, 0.4) is 0 Å². The molecule has 0 bridgehead atoms. The Kier molecular flexibility index (Phi) is 5.11. The summed E-state index contributed by atoms with van der Waals surface area (Å²) < 4.78 is 5.22. The first-order valence-corrected chi connectivity index (χ1v) is 7.45. The number of carbonyl (C=O) groups is 1. The van der Waals surface area contributed by atoms with Crippen LogP contribution in [0.2, 0.25) is 0 Å². The molecule has 1 amide bonds. The maximum Gasteiger partial charge on any atom is 0.237 e. The van der Waals surface area contributed by atoms with Gasteiger partial charge in [-0.05, 0) is 31.2 Å². The lowest BCUT2D eigenvalue weighted by molar-refractivity contribution is -0.115. The van der Waals surface area contributed by atoms with Crippen LogP contribution in [0.4, 0.5) is 11.4 Å². The average Bonchev–Trinajstić information content (AvgIpc) is 2.50. The molecule has 0 saturated heterocycles. The second kappa shape index (κ2) is 7.04. The van der Waals surface area contributed by atoms with Gasteiger partial charge in [0.05, 0.1) is 18.0 Å². The topological polar surface area (TPSA) is 64.3 Å². The first-order chi connectivity index (χ1) is 10.1. The Labute approximate surface area is 128 Å². The molecule has 0 aliphatic heterocycles. The van der Waals surface area contributed by atoms with Crippen molar-refractivity contribution in [1.82, 2.24) is 0 Å². The molecule has 4 nitrogen and oxygen atoms in total. The van der Waals surface area contributed by atoms with Crippen LogP contribution in [0.1, 0.15) is 6.92 Å². The Hall–Kier alpha value is -2.14. The second-order valence-corrected chi connectivity index (χ2v) is 5.87. The number of methoxy groups -OCH3 is 1. The Balaban J connectivity index is 2.05. The van der Waals surface area contributed by atoms with Crippen molar-refractivity contribution in [3.63, 3.8) is 0 Å². The summed E-state index contributed by atoms with van der Waals surface area (Å²) >= 11 is 1.43. The maximum atomic E-state index is 12.3. The summed E-state index contributed by atoms with van der Waals surface area (Å²) in [4.78, 5) is 13.2.